The van der Waals surface area contributed by atoms with E-state index >= 15 is 0 Å². The molecule has 0 radical (unpaired) electrons. The molecule has 0 spiro atoms. The molecule has 0 heterocycles. The molecule has 0 aliphatic rings. The average Bonchev–Trinajstić information content (AvgIpc) is 3.17. The van der Waals surface area contributed by atoms with Gasteiger partial charge in [-0.05, 0) is 89.9 Å². The molecule has 54 heavy (non-hydrogen) atoms. The first kappa shape index (κ1) is 50.6. The van der Waals surface area contributed by atoms with Crippen LogP contribution in [0.15, 0.2) is 85.1 Å². The lowest BCUT2D eigenvalue weighted by molar-refractivity contribution is -0.167. The predicted octanol–water partition coefficient (Wildman–Crippen LogP) is 13.7. The number of carbonyl (C=O) groups excluding carboxylic acids is 3. The van der Waals surface area contributed by atoms with Crippen LogP contribution in [0.4, 0.5) is 0 Å². The number of allylic oxidation sites excluding steroid dienone is 14. The Bertz CT molecular complexity index is 1090. The first-order valence-corrected chi connectivity index (χ1v) is 21.6. The largest absolute Gasteiger partial charge is 0.462 e. The second kappa shape index (κ2) is 42.3. The van der Waals surface area contributed by atoms with Crippen LogP contribution in [0, 0.1) is 0 Å². The SMILES string of the molecule is CC\C=C/C=C\C=C/CCCCCCCCCC(=O)OCC(COC(=O)CCC/C=C\CCCCCC)OC(=O)CCCC/C=C\C/C=C\C/C=C\CC. The van der Waals surface area contributed by atoms with E-state index in [1.165, 1.54) is 51.4 Å². The van der Waals surface area contributed by atoms with Crippen LogP contribution in [-0.4, -0.2) is 37.2 Å². The minimum Gasteiger partial charge on any atom is -0.462 e. The molecule has 0 aromatic rings. The summed E-state index contributed by atoms with van der Waals surface area (Å²) in [5.74, 6) is -1.01. The van der Waals surface area contributed by atoms with E-state index in [9.17, 15) is 14.4 Å². The van der Waals surface area contributed by atoms with Gasteiger partial charge in [0.1, 0.15) is 13.2 Å². The number of hydrogen-bond donors (Lipinski definition) is 0. The summed E-state index contributed by atoms with van der Waals surface area (Å²) in [5, 5.41) is 0. The number of esters is 3. The van der Waals surface area contributed by atoms with Gasteiger partial charge in [-0.15, -0.1) is 0 Å². The highest BCUT2D eigenvalue weighted by molar-refractivity contribution is 5.71. The van der Waals surface area contributed by atoms with E-state index in [1.807, 2.05) is 0 Å². The lowest BCUT2D eigenvalue weighted by atomic mass is 10.1. The van der Waals surface area contributed by atoms with Gasteiger partial charge in [0.2, 0.25) is 0 Å². The van der Waals surface area contributed by atoms with Gasteiger partial charge < -0.3 is 14.2 Å². The summed E-state index contributed by atoms with van der Waals surface area (Å²) in [6.07, 6.45) is 52.9. The Morgan fingerprint density at radius 1 is 0.407 bits per heavy atom. The van der Waals surface area contributed by atoms with E-state index in [0.29, 0.717) is 25.7 Å². The Kier molecular flexibility index (Phi) is 39.7. The van der Waals surface area contributed by atoms with Crippen LogP contribution in [0.5, 0.6) is 0 Å². The van der Waals surface area contributed by atoms with Crippen LogP contribution < -0.4 is 0 Å². The third-order valence-electron chi connectivity index (χ3n) is 8.68. The molecule has 0 bridgehead atoms. The highest BCUT2D eigenvalue weighted by Gasteiger charge is 2.19. The van der Waals surface area contributed by atoms with Crippen LogP contribution >= 0.6 is 0 Å². The molecule has 0 aliphatic carbocycles. The normalized spacial score (nSPS) is 12.9. The topological polar surface area (TPSA) is 78.9 Å². The molecule has 6 heteroatoms. The molecule has 0 aliphatic heterocycles. The summed E-state index contributed by atoms with van der Waals surface area (Å²) in [6.45, 7) is 6.25. The maximum atomic E-state index is 12.7. The minimum absolute atomic E-state index is 0.108. The first-order valence-electron chi connectivity index (χ1n) is 21.6. The standard InChI is InChI=1S/C48H78O6/c1-4-7-10-13-16-19-21-23-24-25-27-29-32-35-38-41-47(50)53-44-45(43-52-46(49)40-37-34-31-28-18-15-12-9-6-3)54-48(51)42-39-36-33-30-26-22-20-17-14-11-8-5-2/h7-8,10-11,13,16-17,19-21,26,28,30-31,45H,4-6,9,12,14-15,18,22-25,27,29,32-44H2,1-3H3/b10-7-,11-8-,16-13-,20-17-,21-19-,30-26-,31-28-. The number of unbranched alkanes of at least 4 members (excludes halogenated alkanes) is 14. The fourth-order valence-corrected chi connectivity index (χ4v) is 5.46. The smallest absolute Gasteiger partial charge is 0.306 e. The Balaban J connectivity index is 4.47. The van der Waals surface area contributed by atoms with Crippen LogP contribution in [-0.2, 0) is 28.6 Å². The van der Waals surface area contributed by atoms with Crippen molar-refractivity contribution in [1.82, 2.24) is 0 Å². The van der Waals surface area contributed by atoms with Crippen LogP contribution in [0.3, 0.4) is 0 Å². The van der Waals surface area contributed by atoms with Gasteiger partial charge >= 0.3 is 17.9 Å². The monoisotopic (exact) mass is 751 g/mol. The molecule has 6 nitrogen and oxygen atoms in total. The van der Waals surface area contributed by atoms with Gasteiger partial charge in [0, 0.05) is 19.3 Å². The van der Waals surface area contributed by atoms with Crippen molar-refractivity contribution in [1.29, 1.82) is 0 Å². The van der Waals surface area contributed by atoms with Gasteiger partial charge in [0.05, 0.1) is 0 Å². The molecule has 0 N–H and O–H groups in total. The van der Waals surface area contributed by atoms with Crippen molar-refractivity contribution in [3.05, 3.63) is 85.1 Å². The Morgan fingerprint density at radius 2 is 0.833 bits per heavy atom. The van der Waals surface area contributed by atoms with Gasteiger partial charge in [0.15, 0.2) is 6.10 Å². The van der Waals surface area contributed by atoms with Crippen molar-refractivity contribution in [2.75, 3.05) is 13.2 Å². The van der Waals surface area contributed by atoms with E-state index < -0.39 is 6.10 Å². The molecular weight excluding hydrogens is 673 g/mol. The summed E-state index contributed by atoms with van der Waals surface area (Å²) in [5.41, 5.74) is 0. The minimum atomic E-state index is -0.809. The van der Waals surface area contributed by atoms with Crippen LogP contribution in [0.25, 0.3) is 0 Å². The van der Waals surface area contributed by atoms with Gasteiger partial charge in [-0.3, -0.25) is 14.4 Å². The Morgan fingerprint density at radius 3 is 1.46 bits per heavy atom. The first-order chi connectivity index (χ1) is 26.5. The molecule has 0 fully saturated rings. The number of carbonyl (C=O) groups is 3. The molecule has 0 saturated carbocycles. The van der Waals surface area contributed by atoms with Gasteiger partial charge in [0.25, 0.3) is 0 Å². The molecule has 0 saturated heterocycles. The number of ether oxygens (including phenoxy) is 3. The molecule has 0 rings (SSSR count). The van der Waals surface area contributed by atoms with E-state index in [2.05, 4.69) is 106 Å². The second-order valence-electron chi connectivity index (χ2n) is 13.9. The highest BCUT2D eigenvalue weighted by Crippen LogP contribution is 2.12. The summed E-state index contributed by atoms with van der Waals surface area (Å²) in [4.78, 5) is 37.6. The molecule has 1 atom stereocenters. The third kappa shape index (κ3) is 39.8. The van der Waals surface area contributed by atoms with E-state index in [4.69, 9.17) is 14.2 Å². The average molecular weight is 751 g/mol. The molecule has 0 aromatic carbocycles. The predicted molar refractivity (Wildman–Crippen MR) is 228 cm³/mol. The van der Waals surface area contributed by atoms with E-state index in [1.54, 1.807) is 0 Å². The maximum Gasteiger partial charge on any atom is 0.306 e. The fourth-order valence-electron chi connectivity index (χ4n) is 5.46. The zero-order valence-corrected chi connectivity index (χ0v) is 34.7. The molecule has 1 unspecified atom stereocenters. The summed E-state index contributed by atoms with van der Waals surface area (Å²) in [7, 11) is 0. The zero-order chi connectivity index (χ0) is 39.4. The van der Waals surface area contributed by atoms with Crippen molar-refractivity contribution >= 4 is 17.9 Å². The summed E-state index contributed by atoms with van der Waals surface area (Å²) >= 11 is 0. The summed E-state index contributed by atoms with van der Waals surface area (Å²) in [6, 6.07) is 0. The van der Waals surface area contributed by atoms with Gasteiger partial charge in [-0.2, -0.15) is 0 Å². The fraction of sp³-hybridized carbons (Fsp3) is 0.646. The zero-order valence-electron chi connectivity index (χ0n) is 34.7. The Labute approximate surface area is 331 Å². The third-order valence-corrected chi connectivity index (χ3v) is 8.68. The van der Waals surface area contributed by atoms with Crippen molar-refractivity contribution < 1.29 is 28.6 Å². The molecule has 0 aromatic heterocycles. The van der Waals surface area contributed by atoms with Crippen molar-refractivity contribution in [3.8, 4) is 0 Å². The quantitative estimate of drug-likeness (QED) is 0.0207. The summed E-state index contributed by atoms with van der Waals surface area (Å²) < 4.78 is 16.6. The lowest BCUT2D eigenvalue weighted by Gasteiger charge is -2.18. The van der Waals surface area contributed by atoms with Crippen LogP contribution in [0.2, 0.25) is 0 Å². The van der Waals surface area contributed by atoms with Gasteiger partial charge in [-0.25, -0.2) is 0 Å². The maximum absolute atomic E-state index is 12.7. The van der Waals surface area contributed by atoms with Crippen molar-refractivity contribution in [3.63, 3.8) is 0 Å². The Hall–Kier alpha value is -3.41. The molecular formula is C48H78O6. The molecule has 0 amide bonds. The molecule has 306 valence electrons. The lowest BCUT2D eigenvalue weighted by Crippen LogP contribution is -2.30. The van der Waals surface area contributed by atoms with Crippen molar-refractivity contribution in [2.45, 2.75) is 187 Å². The number of rotatable bonds is 37. The van der Waals surface area contributed by atoms with Crippen molar-refractivity contribution in [2.24, 2.45) is 0 Å². The second-order valence-corrected chi connectivity index (χ2v) is 13.9. The number of hydrogen-bond acceptors (Lipinski definition) is 6. The highest BCUT2D eigenvalue weighted by atomic mass is 16.6. The van der Waals surface area contributed by atoms with Gasteiger partial charge in [-0.1, -0.05) is 157 Å². The van der Waals surface area contributed by atoms with E-state index in [-0.39, 0.29) is 37.5 Å². The van der Waals surface area contributed by atoms with Crippen LogP contribution in [0.1, 0.15) is 181 Å². The van der Waals surface area contributed by atoms with E-state index in [0.717, 1.165) is 77.0 Å².